The van der Waals surface area contributed by atoms with Crippen molar-refractivity contribution in [2.24, 2.45) is 5.92 Å². The first-order valence-corrected chi connectivity index (χ1v) is 5.83. The van der Waals surface area contributed by atoms with Crippen molar-refractivity contribution in [1.29, 1.82) is 0 Å². The molecule has 2 atom stereocenters. The molecule has 0 aliphatic carbocycles. The number of aliphatic carboxylic acids is 1. The Morgan fingerprint density at radius 3 is 2.81 bits per heavy atom. The molecule has 0 aromatic heterocycles. The van der Waals surface area contributed by atoms with Crippen LogP contribution in [-0.4, -0.2) is 61.8 Å². The minimum Gasteiger partial charge on any atom is -0.480 e. The number of carboxylic acid groups (broad SMARTS) is 1. The van der Waals surface area contributed by atoms with Crippen molar-refractivity contribution in [3.63, 3.8) is 0 Å². The van der Waals surface area contributed by atoms with Crippen LogP contribution >= 0.6 is 0 Å². The highest BCUT2D eigenvalue weighted by Gasteiger charge is 2.44. The second-order valence-electron chi connectivity index (χ2n) is 4.86. The van der Waals surface area contributed by atoms with Gasteiger partial charge in [-0.15, -0.1) is 0 Å². The van der Waals surface area contributed by atoms with E-state index in [0.29, 0.717) is 13.0 Å². The average Bonchev–Trinajstić information content (AvgIpc) is 2.20. The van der Waals surface area contributed by atoms with Gasteiger partial charge in [-0.25, -0.2) is 0 Å². The van der Waals surface area contributed by atoms with E-state index in [-0.39, 0.29) is 5.92 Å². The first-order chi connectivity index (χ1) is 7.49. The smallest absolute Gasteiger partial charge is 0.324 e. The Morgan fingerprint density at radius 2 is 2.31 bits per heavy atom. The van der Waals surface area contributed by atoms with Crippen molar-refractivity contribution >= 4 is 5.97 Å². The van der Waals surface area contributed by atoms with E-state index in [1.807, 2.05) is 25.9 Å². The van der Waals surface area contributed by atoms with Gasteiger partial charge in [-0.2, -0.15) is 0 Å². The molecule has 1 saturated heterocycles. The fraction of sp³-hybridized carbons (Fsp3) is 0.909. The van der Waals surface area contributed by atoms with E-state index in [1.54, 1.807) is 0 Å². The quantitative estimate of drug-likeness (QED) is 0.598. The Bertz CT molecular complexity index is 245. The molecule has 3 N–H and O–H groups in total. The summed E-state index contributed by atoms with van der Waals surface area (Å²) in [5.41, 5.74) is -0.749. The normalized spacial score (nSPS) is 30.6. The fourth-order valence-corrected chi connectivity index (χ4v) is 2.18. The molecule has 16 heavy (non-hydrogen) atoms. The maximum absolute atomic E-state index is 11.5. The van der Waals surface area contributed by atoms with Gasteiger partial charge in [0.15, 0.2) is 0 Å². The van der Waals surface area contributed by atoms with Gasteiger partial charge < -0.3 is 20.6 Å². The Hall–Kier alpha value is -0.650. The van der Waals surface area contributed by atoms with E-state index in [0.717, 1.165) is 19.6 Å². The summed E-state index contributed by atoms with van der Waals surface area (Å²) in [6.45, 7) is 5.09. The van der Waals surface area contributed by atoms with Crippen molar-refractivity contribution in [2.75, 3.05) is 40.3 Å². The molecule has 0 aromatic rings. The molecule has 1 fully saturated rings. The SMILES string of the molecule is CC1CNCCC1(NCCN(C)C)C(=O)O. The number of hydrogen-bond acceptors (Lipinski definition) is 4. The number of piperidine rings is 1. The van der Waals surface area contributed by atoms with Crippen molar-refractivity contribution in [2.45, 2.75) is 18.9 Å². The van der Waals surface area contributed by atoms with Crippen LogP contribution in [0.1, 0.15) is 13.3 Å². The molecular formula is C11H23N3O2. The first-order valence-electron chi connectivity index (χ1n) is 5.83. The molecule has 0 saturated carbocycles. The monoisotopic (exact) mass is 229 g/mol. The van der Waals surface area contributed by atoms with Gasteiger partial charge in [-0.05, 0) is 33.0 Å². The van der Waals surface area contributed by atoms with Gasteiger partial charge in [-0.3, -0.25) is 4.79 Å². The summed E-state index contributed by atoms with van der Waals surface area (Å²) in [4.78, 5) is 13.5. The molecule has 5 heteroatoms. The van der Waals surface area contributed by atoms with Crippen LogP contribution in [0.2, 0.25) is 0 Å². The van der Waals surface area contributed by atoms with Gasteiger partial charge in [0.1, 0.15) is 5.54 Å². The Balaban J connectivity index is 2.61. The standard InChI is InChI=1S/C11H23N3O2/c1-9-8-12-5-4-11(9,10(15)16)13-6-7-14(2)3/h9,12-13H,4-8H2,1-3H3,(H,15,16). The molecule has 5 nitrogen and oxygen atoms in total. The predicted octanol–water partition coefficient (Wildman–Crippen LogP) is -0.410. The van der Waals surface area contributed by atoms with Crippen LogP contribution in [0.15, 0.2) is 0 Å². The van der Waals surface area contributed by atoms with Crippen molar-refractivity contribution < 1.29 is 9.90 Å². The number of nitrogens with one attached hydrogen (secondary N) is 2. The van der Waals surface area contributed by atoms with E-state index in [9.17, 15) is 9.90 Å². The number of rotatable bonds is 5. The maximum Gasteiger partial charge on any atom is 0.324 e. The average molecular weight is 229 g/mol. The zero-order valence-electron chi connectivity index (χ0n) is 10.4. The van der Waals surface area contributed by atoms with E-state index in [1.165, 1.54) is 0 Å². The van der Waals surface area contributed by atoms with Crippen LogP contribution in [0, 0.1) is 5.92 Å². The molecule has 0 radical (unpaired) electrons. The van der Waals surface area contributed by atoms with Crippen molar-refractivity contribution in [3.8, 4) is 0 Å². The lowest BCUT2D eigenvalue weighted by molar-refractivity contribution is -0.148. The van der Waals surface area contributed by atoms with Crippen LogP contribution in [-0.2, 0) is 4.79 Å². The number of carbonyl (C=O) groups is 1. The van der Waals surface area contributed by atoms with E-state index >= 15 is 0 Å². The van der Waals surface area contributed by atoms with Gasteiger partial charge in [0.2, 0.25) is 0 Å². The summed E-state index contributed by atoms with van der Waals surface area (Å²) in [5.74, 6) is -0.610. The lowest BCUT2D eigenvalue weighted by Gasteiger charge is -2.40. The zero-order chi connectivity index (χ0) is 12.2. The van der Waals surface area contributed by atoms with Gasteiger partial charge in [0.05, 0.1) is 0 Å². The molecular weight excluding hydrogens is 206 g/mol. The number of likely N-dealkylation sites (N-methyl/N-ethyl adjacent to an activating group) is 1. The summed E-state index contributed by atoms with van der Waals surface area (Å²) >= 11 is 0. The topological polar surface area (TPSA) is 64.6 Å². The van der Waals surface area contributed by atoms with Gasteiger partial charge >= 0.3 is 5.97 Å². The highest BCUT2D eigenvalue weighted by Crippen LogP contribution is 2.24. The molecule has 0 amide bonds. The molecule has 2 unspecified atom stereocenters. The van der Waals surface area contributed by atoms with Crippen LogP contribution in [0.3, 0.4) is 0 Å². The Labute approximate surface area is 97.2 Å². The van der Waals surface area contributed by atoms with Gasteiger partial charge in [-0.1, -0.05) is 6.92 Å². The molecule has 1 heterocycles. The predicted molar refractivity (Wildman–Crippen MR) is 63.6 cm³/mol. The molecule has 1 aliphatic rings. The molecule has 1 rings (SSSR count). The van der Waals surface area contributed by atoms with Crippen molar-refractivity contribution in [3.05, 3.63) is 0 Å². The summed E-state index contributed by atoms with van der Waals surface area (Å²) < 4.78 is 0. The van der Waals surface area contributed by atoms with Crippen LogP contribution in [0.4, 0.5) is 0 Å². The van der Waals surface area contributed by atoms with Crippen LogP contribution < -0.4 is 10.6 Å². The largest absolute Gasteiger partial charge is 0.480 e. The lowest BCUT2D eigenvalue weighted by Crippen LogP contribution is -2.63. The molecule has 94 valence electrons. The second-order valence-corrected chi connectivity index (χ2v) is 4.86. The third-order valence-corrected chi connectivity index (χ3v) is 3.37. The second kappa shape index (κ2) is 5.61. The van der Waals surface area contributed by atoms with Crippen LogP contribution in [0.5, 0.6) is 0 Å². The Morgan fingerprint density at radius 1 is 1.62 bits per heavy atom. The van der Waals surface area contributed by atoms with Crippen LogP contribution in [0.25, 0.3) is 0 Å². The van der Waals surface area contributed by atoms with E-state index < -0.39 is 11.5 Å². The zero-order valence-corrected chi connectivity index (χ0v) is 10.4. The molecule has 0 spiro atoms. The fourth-order valence-electron chi connectivity index (χ4n) is 2.18. The third kappa shape index (κ3) is 2.93. The van der Waals surface area contributed by atoms with Crippen molar-refractivity contribution in [1.82, 2.24) is 15.5 Å². The third-order valence-electron chi connectivity index (χ3n) is 3.37. The van der Waals surface area contributed by atoms with Gasteiger partial charge in [0.25, 0.3) is 0 Å². The maximum atomic E-state index is 11.5. The molecule has 1 aliphatic heterocycles. The van der Waals surface area contributed by atoms with E-state index in [4.69, 9.17) is 0 Å². The molecule has 0 aromatic carbocycles. The summed E-state index contributed by atoms with van der Waals surface area (Å²) in [7, 11) is 3.97. The van der Waals surface area contributed by atoms with E-state index in [2.05, 4.69) is 10.6 Å². The molecule has 0 bridgehead atoms. The minimum absolute atomic E-state index is 0.112. The number of nitrogens with zero attached hydrogens (tertiary/aromatic N) is 1. The lowest BCUT2D eigenvalue weighted by atomic mass is 9.79. The summed E-state index contributed by atoms with van der Waals surface area (Å²) in [5, 5.41) is 15.9. The highest BCUT2D eigenvalue weighted by atomic mass is 16.4. The summed E-state index contributed by atoms with van der Waals surface area (Å²) in [6, 6.07) is 0. The first kappa shape index (κ1) is 13.4. The number of carboxylic acids is 1. The Kier molecular flexibility index (Phi) is 4.70. The number of hydrogen-bond donors (Lipinski definition) is 3. The van der Waals surface area contributed by atoms with Gasteiger partial charge in [0, 0.05) is 19.6 Å². The highest BCUT2D eigenvalue weighted by molar-refractivity contribution is 5.79. The minimum atomic E-state index is -0.749. The summed E-state index contributed by atoms with van der Waals surface area (Å²) in [6.07, 6.45) is 0.650.